The summed E-state index contributed by atoms with van der Waals surface area (Å²) in [5.41, 5.74) is 1.54. The lowest BCUT2D eigenvalue weighted by Gasteiger charge is -2.32. The second kappa shape index (κ2) is 10.7. The number of aliphatic imine (C=N–C) groups is 1. The zero-order valence-corrected chi connectivity index (χ0v) is 19.8. The molecule has 6 nitrogen and oxygen atoms in total. The number of methoxy groups -OCH3 is 1. The van der Waals surface area contributed by atoms with Crippen molar-refractivity contribution in [1.29, 1.82) is 0 Å². The summed E-state index contributed by atoms with van der Waals surface area (Å²) in [5, 5.41) is 2.76. The molecule has 0 radical (unpaired) electrons. The monoisotopic (exact) mass is 497 g/mol. The molecule has 1 N–H and O–H groups in total. The van der Waals surface area contributed by atoms with Crippen molar-refractivity contribution in [3.05, 3.63) is 89.2 Å². The molecular formula is C25H21ClFN3O3S. The molecule has 0 spiro atoms. The van der Waals surface area contributed by atoms with E-state index in [0.717, 1.165) is 5.56 Å². The quantitative estimate of drug-likeness (QED) is 0.478. The Hall–Kier alpha value is -3.36. The lowest BCUT2D eigenvalue weighted by atomic mass is 10.2. The van der Waals surface area contributed by atoms with Crippen LogP contribution in [0.5, 0.6) is 5.75 Å². The van der Waals surface area contributed by atoms with Crippen molar-refractivity contribution in [2.45, 2.75) is 18.2 Å². The van der Waals surface area contributed by atoms with Crippen molar-refractivity contribution < 1.29 is 18.7 Å². The number of rotatable bonds is 6. The number of carbonyl (C=O) groups is 2. The summed E-state index contributed by atoms with van der Waals surface area (Å²) in [6.45, 7) is 0.282. The molecule has 4 rings (SSSR count). The number of amides is 2. The molecule has 1 fully saturated rings. The summed E-state index contributed by atoms with van der Waals surface area (Å²) in [6, 6.07) is 20.1. The number of benzene rings is 3. The van der Waals surface area contributed by atoms with E-state index in [9.17, 15) is 14.0 Å². The van der Waals surface area contributed by atoms with Crippen LogP contribution in [-0.2, 0) is 16.1 Å². The first-order valence-electron chi connectivity index (χ1n) is 10.4. The molecule has 1 unspecified atom stereocenters. The van der Waals surface area contributed by atoms with Crippen LogP contribution in [0.15, 0.2) is 77.8 Å². The van der Waals surface area contributed by atoms with Gasteiger partial charge in [0, 0.05) is 11.4 Å². The number of hydrogen-bond donors (Lipinski definition) is 1. The normalized spacial score (nSPS) is 17.0. The maximum absolute atomic E-state index is 14.0. The standard InChI is InChI=1S/C25H21ClFN3O3S/c1-33-19-12-6-16(7-13-19)15-30-23(31)14-22(24(32)29-21-5-3-2-4-20(21)27)34-25(30)28-18-10-8-17(26)9-11-18/h2-13,22H,14-15H2,1H3,(H,29,32). The minimum absolute atomic E-state index is 0.0409. The largest absolute Gasteiger partial charge is 0.497 e. The van der Waals surface area contributed by atoms with E-state index in [-0.39, 0.29) is 24.6 Å². The summed E-state index contributed by atoms with van der Waals surface area (Å²) < 4.78 is 19.2. The number of anilines is 1. The molecule has 3 aromatic rings. The molecule has 1 heterocycles. The fraction of sp³-hybridized carbons (Fsp3) is 0.160. The van der Waals surface area contributed by atoms with E-state index in [2.05, 4.69) is 10.3 Å². The van der Waals surface area contributed by atoms with Crippen LogP contribution in [0.2, 0.25) is 5.02 Å². The van der Waals surface area contributed by atoms with Crippen LogP contribution in [-0.4, -0.2) is 34.2 Å². The second-order valence-electron chi connectivity index (χ2n) is 7.48. The van der Waals surface area contributed by atoms with Crippen LogP contribution >= 0.6 is 23.4 Å². The number of hydrogen-bond acceptors (Lipinski definition) is 5. The summed E-state index contributed by atoms with van der Waals surface area (Å²) in [4.78, 5) is 32.2. The average molecular weight is 498 g/mol. The van der Waals surface area contributed by atoms with Crippen molar-refractivity contribution in [2.24, 2.45) is 4.99 Å². The molecule has 34 heavy (non-hydrogen) atoms. The Kier molecular flexibility index (Phi) is 7.49. The van der Waals surface area contributed by atoms with E-state index in [1.54, 1.807) is 42.3 Å². The van der Waals surface area contributed by atoms with Gasteiger partial charge in [-0.05, 0) is 54.1 Å². The molecule has 1 atom stereocenters. The number of carbonyl (C=O) groups excluding carboxylic acids is 2. The van der Waals surface area contributed by atoms with Gasteiger partial charge in [0.2, 0.25) is 11.8 Å². The van der Waals surface area contributed by atoms with Crippen molar-refractivity contribution in [3.63, 3.8) is 0 Å². The van der Waals surface area contributed by atoms with Gasteiger partial charge in [0.25, 0.3) is 0 Å². The van der Waals surface area contributed by atoms with Crippen LogP contribution in [0.25, 0.3) is 0 Å². The van der Waals surface area contributed by atoms with Crippen LogP contribution in [0, 0.1) is 5.82 Å². The maximum atomic E-state index is 14.0. The molecular weight excluding hydrogens is 477 g/mol. The van der Waals surface area contributed by atoms with Crippen molar-refractivity contribution >= 4 is 51.7 Å². The average Bonchev–Trinajstić information content (AvgIpc) is 2.84. The van der Waals surface area contributed by atoms with Crippen LogP contribution in [0.3, 0.4) is 0 Å². The lowest BCUT2D eigenvalue weighted by molar-refractivity contribution is -0.129. The lowest BCUT2D eigenvalue weighted by Crippen LogP contribution is -2.44. The van der Waals surface area contributed by atoms with Gasteiger partial charge in [-0.25, -0.2) is 9.38 Å². The zero-order chi connectivity index (χ0) is 24.1. The number of nitrogens with one attached hydrogen (secondary N) is 1. The number of nitrogens with zero attached hydrogens (tertiary/aromatic N) is 2. The summed E-state index contributed by atoms with van der Waals surface area (Å²) in [7, 11) is 1.59. The van der Waals surface area contributed by atoms with Gasteiger partial charge < -0.3 is 10.1 Å². The smallest absolute Gasteiger partial charge is 0.238 e. The summed E-state index contributed by atoms with van der Waals surface area (Å²) in [5.74, 6) is -0.547. The number of para-hydroxylation sites is 1. The van der Waals surface area contributed by atoms with Crippen LogP contribution in [0.4, 0.5) is 15.8 Å². The van der Waals surface area contributed by atoms with E-state index < -0.39 is 17.0 Å². The topological polar surface area (TPSA) is 71.0 Å². The van der Waals surface area contributed by atoms with E-state index >= 15 is 0 Å². The Balaban J connectivity index is 1.60. The molecule has 2 amide bonds. The van der Waals surface area contributed by atoms with E-state index in [0.29, 0.717) is 21.6 Å². The highest BCUT2D eigenvalue weighted by Gasteiger charge is 2.36. The summed E-state index contributed by atoms with van der Waals surface area (Å²) >= 11 is 7.15. The first-order chi connectivity index (χ1) is 16.4. The van der Waals surface area contributed by atoms with E-state index in [1.165, 1.54) is 30.0 Å². The van der Waals surface area contributed by atoms with Crippen molar-refractivity contribution in [2.75, 3.05) is 12.4 Å². The van der Waals surface area contributed by atoms with Gasteiger partial charge in [-0.2, -0.15) is 0 Å². The fourth-order valence-corrected chi connectivity index (χ4v) is 4.54. The van der Waals surface area contributed by atoms with Crippen LogP contribution in [0.1, 0.15) is 12.0 Å². The Morgan fingerprint density at radius 3 is 2.53 bits per heavy atom. The Bertz CT molecular complexity index is 1220. The third kappa shape index (κ3) is 5.76. The van der Waals surface area contributed by atoms with Gasteiger partial charge in [-0.1, -0.05) is 47.6 Å². The van der Waals surface area contributed by atoms with Gasteiger partial charge in [0.1, 0.15) is 16.8 Å². The molecule has 0 aromatic heterocycles. The van der Waals surface area contributed by atoms with Gasteiger partial charge in [0.05, 0.1) is 25.0 Å². The molecule has 0 bridgehead atoms. The Morgan fingerprint density at radius 2 is 1.85 bits per heavy atom. The van der Waals surface area contributed by atoms with Crippen LogP contribution < -0.4 is 10.1 Å². The van der Waals surface area contributed by atoms with E-state index in [1.807, 2.05) is 24.3 Å². The number of halogens is 2. The van der Waals surface area contributed by atoms with E-state index in [4.69, 9.17) is 16.3 Å². The third-order valence-electron chi connectivity index (χ3n) is 5.11. The highest BCUT2D eigenvalue weighted by Crippen LogP contribution is 2.31. The molecule has 1 aliphatic heterocycles. The van der Waals surface area contributed by atoms with Gasteiger partial charge in [-0.3, -0.25) is 14.5 Å². The predicted molar refractivity (Wildman–Crippen MR) is 133 cm³/mol. The third-order valence-corrected chi connectivity index (χ3v) is 6.55. The number of ether oxygens (including phenoxy) is 1. The molecule has 0 saturated carbocycles. The summed E-state index contributed by atoms with van der Waals surface area (Å²) in [6.07, 6.45) is -0.0409. The highest BCUT2D eigenvalue weighted by atomic mass is 35.5. The molecule has 1 aliphatic rings. The predicted octanol–water partition coefficient (Wildman–Crippen LogP) is 5.65. The van der Waals surface area contributed by atoms with Gasteiger partial charge in [0.15, 0.2) is 5.17 Å². The van der Waals surface area contributed by atoms with Crippen molar-refractivity contribution in [3.8, 4) is 5.75 Å². The van der Waals surface area contributed by atoms with Crippen molar-refractivity contribution in [1.82, 2.24) is 4.90 Å². The minimum Gasteiger partial charge on any atom is -0.497 e. The maximum Gasteiger partial charge on any atom is 0.238 e. The first kappa shape index (κ1) is 23.8. The Labute approximate surface area is 205 Å². The molecule has 0 aliphatic carbocycles. The molecule has 1 saturated heterocycles. The molecule has 9 heteroatoms. The number of amidine groups is 1. The van der Waals surface area contributed by atoms with Gasteiger partial charge in [-0.15, -0.1) is 0 Å². The zero-order valence-electron chi connectivity index (χ0n) is 18.2. The minimum atomic E-state index is -0.759. The van der Waals surface area contributed by atoms with Gasteiger partial charge >= 0.3 is 0 Å². The molecule has 174 valence electrons. The first-order valence-corrected chi connectivity index (χ1v) is 11.7. The molecule has 3 aromatic carbocycles. The SMILES string of the molecule is COc1ccc(CN2C(=O)CC(C(=O)Nc3ccccc3F)SC2=Nc2ccc(Cl)cc2)cc1. The highest BCUT2D eigenvalue weighted by molar-refractivity contribution is 8.15. The fourth-order valence-electron chi connectivity index (χ4n) is 3.31. The second-order valence-corrected chi connectivity index (χ2v) is 9.08. The number of thioether (sulfide) groups is 1. The Morgan fingerprint density at radius 1 is 1.15 bits per heavy atom.